The normalized spacial score (nSPS) is 22.9. The van der Waals surface area contributed by atoms with Crippen LogP contribution in [0.4, 0.5) is 0 Å². The Balaban J connectivity index is 1.36. The van der Waals surface area contributed by atoms with Gasteiger partial charge < -0.3 is 9.47 Å². The summed E-state index contributed by atoms with van der Waals surface area (Å²) in [7, 11) is 0. The first kappa shape index (κ1) is 20.3. The van der Waals surface area contributed by atoms with Crippen LogP contribution >= 0.6 is 0 Å². The Morgan fingerprint density at radius 3 is 1.39 bits per heavy atom. The van der Waals surface area contributed by atoms with E-state index < -0.39 is 0 Å². The smallest absolute Gasteiger partial charge is 0.0901 e. The molecular weight excluding hydrogens is 408 g/mol. The molecule has 164 valence electrons. The summed E-state index contributed by atoms with van der Waals surface area (Å²) in [6, 6.07) is 29.4. The molecule has 2 heterocycles. The summed E-state index contributed by atoms with van der Waals surface area (Å²) in [6.07, 6.45) is 4.65. The fraction of sp³-hybridized carbons (Fsp3) is 0.241. The molecule has 33 heavy (non-hydrogen) atoms. The quantitative estimate of drug-likeness (QED) is 0.358. The fourth-order valence-electron chi connectivity index (χ4n) is 5.48. The summed E-state index contributed by atoms with van der Waals surface area (Å²) in [5.74, 6) is 0.582. The van der Waals surface area contributed by atoms with E-state index in [1.165, 1.54) is 22.3 Å². The van der Waals surface area contributed by atoms with Gasteiger partial charge in [0, 0.05) is 24.2 Å². The highest BCUT2D eigenvalue weighted by molar-refractivity contribution is 5.47. The summed E-state index contributed by atoms with van der Waals surface area (Å²) in [4.78, 5) is 8.91. The molecule has 2 aromatic carbocycles. The highest BCUT2D eigenvalue weighted by Gasteiger charge is 2.45. The van der Waals surface area contributed by atoms with E-state index in [4.69, 9.17) is 9.47 Å². The summed E-state index contributed by atoms with van der Waals surface area (Å²) >= 11 is 0. The molecule has 2 bridgehead atoms. The topological polar surface area (TPSA) is 44.2 Å². The van der Waals surface area contributed by atoms with Crippen LogP contribution < -0.4 is 0 Å². The lowest BCUT2D eigenvalue weighted by Crippen LogP contribution is -2.33. The van der Waals surface area contributed by atoms with E-state index in [0.29, 0.717) is 25.0 Å². The summed E-state index contributed by atoms with van der Waals surface area (Å²) < 4.78 is 13.2. The van der Waals surface area contributed by atoms with Crippen molar-refractivity contribution in [2.45, 2.75) is 43.7 Å². The maximum absolute atomic E-state index is 6.59. The van der Waals surface area contributed by atoms with E-state index in [9.17, 15) is 0 Å². The van der Waals surface area contributed by atoms with Crippen LogP contribution in [-0.4, -0.2) is 9.97 Å². The van der Waals surface area contributed by atoms with Gasteiger partial charge in [-0.3, -0.25) is 9.97 Å². The zero-order valence-corrected chi connectivity index (χ0v) is 18.4. The molecule has 4 nitrogen and oxygen atoms in total. The number of aromatic nitrogens is 2. The number of nitrogens with zero attached hydrogens (tertiary/aromatic N) is 2. The lowest BCUT2D eigenvalue weighted by Gasteiger charge is -2.46. The Morgan fingerprint density at radius 2 is 0.970 bits per heavy atom. The highest BCUT2D eigenvalue weighted by atomic mass is 16.5. The molecule has 4 atom stereocenters. The van der Waals surface area contributed by atoms with E-state index >= 15 is 0 Å². The van der Waals surface area contributed by atoms with Gasteiger partial charge in [-0.15, -0.1) is 0 Å². The minimum atomic E-state index is -0.00246. The van der Waals surface area contributed by atoms with Gasteiger partial charge in [0.1, 0.15) is 0 Å². The van der Waals surface area contributed by atoms with Gasteiger partial charge in [0.2, 0.25) is 0 Å². The predicted octanol–water partition coefficient (Wildman–Crippen LogP) is 6.28. The lowest BCUT2D eigenvalue weighted by molar-refractivity contribution is -0.0298. The molecule has 0 saturated carbocycles. The molecule has 0 N–H and O–H groups in total. The van der Waals surface area contributed by atoms with Crippen molar-refractivity contribution in [3.8, 4) is 0 Å². The molecular formula is C29H26N2O2. The van der Waals surface area contributed by atoms with Gasteiger partial charge in [0.25, 0.3) is 0 Å². The van der Waals surface area contributed by atoms with Crippen molar-refractivity contribution in [2.75, 3.05) is 0 Å². The molecule has 0 amide bonds. The Morgan fingerprint density at radius 1 is 0.545 bits per heavy atom. The minimum Gasteiger partial charge on any atom is -0.367 e. The van der Waals surface area contributed by atoms with Crippen LogP contribution in [0.2, 0.25) is 0 Å². The van der Waals surface area contributed by atoms with Crippen LogP contribution in [0.5, 0.6) is 0 Å². The van der Waals surface area contributed by atoms with Gasteiger partial charge in [0.05, 0.1) is 36.8 Å². The van der Waals surface area contributed by atoms with Crippen molar-refractivity contribution in [3.05, 3.63) is 131 Å². The first-order valence-corrected chi connectivity index (χ1v) is 11.6. The van der Waals surface area contributed by atoms with Gasteiger partial charge in [-0.05, 0) is 52.9 Å². The molecule has 4 aromatic rings. The number of hydrogen-bond acceptors (Lipinski definition) is 4. The van der Waals surface area contributed by atoms with Crippen molar-refractivity contribution in [3.63, 3.8) is 0 Å². The van der Waals surface area contributed by atoms with Crippen LogP contribution in [0.25, 0.3) is 0 Å². The number of pyridine rings is 2. The molecule has 6 rings (SSSR count). The van der Waals surface area contributed by atoms with Crippen molar-refractivity contribution >= 4 is 0 Å². The molecule has 4 heteroatoms. The molecule has 0 aliphatic heterocycles. The number of benzene rings is 2. The predicted molar refractivity (Wildman–Crippen MR) is 127 cm³/mol. The zero-order chi connectivity index (χ0) is 22.0. The van der Waals surface area contributed by atoms with Gasteiger partial charge in [0.15, 0.2) is 0 Å². The molecule has 2 aliphatic carbocycles. The third-order valence-corrected chi connectivity index (χ3v) is 6.92. The molecule has 2 aromatic heterocycles. The third-order valence-electron chi connectivity index (χ3n) is 6.92. The Labute approximate surface area is 194 Å². The van der Waals surface area contributed by atoms with E-state index in [-0.39, 0.29) is 12.2 Å². The standard InChI is InChI=1S/C29H26N2O2/c1-3-13-24-22(11-1)26-17-27(28(24)32-18-20-9-5-7-15-30-20)23-12-2-4-14-25(23)29(26)33-19-21-10-6-8-16-31-21/h1-16,26-29H,17-19H2/t26-,27-,28-,29-/m1/s1. The van der Waals surface area contributed by atoms with E-state index in [2.05, 4.69) is 58.5 Å². The van der Waals surface area contributed by atoms with E-state index in [1.54, 1.807) is 0 Å². The molecule has 0 unspecified atom stereocenters. The van der Waals surface area contributed by atoms with E-state index in [1.807, 2.05) is 48.8 Å². The Bertz CT molecular complexity index is 1130. The summed E-state index contributed by atoms with van der Waals surface area (Å²) in [5.41, 5.74) is 7.13. The first-order valence-electron chi connectivity index (χ1n) is 11.6. The molecule has 2 aliphatic rings. The number of fused-ring (bicyclic) bond motifs is 6. The monoisotopic (exact) mass is 434 g/mol. The lowest BCUT2D eigenvalue weighted by atomic mass is 9.64. The number of rotatable bonds is 6. The second-order valence-corrected chi connectivity index (χ2v) is 8.81. The Hall–Kier alpha value is -3.34. The van der Waals surface area contributed by atoms with Crippen molar-refractivity contribution < 1.29 is 9.47 Å². The fourth-order valence-corrected chi connectivity index (χ4v) is 5.48. The number of hydrogen-bond donors (Lipinski definition) is 0. The largest absolute Gasteiger partial charge is 0.367 e. The Kier molecular flexibility index (Phi) is 5.46. The average molecular weight is 435 g/mol. The zero-order valence-electron chi connectivity index (χ0n) is 18.4. The maximum atomic E-state index is 6.59. The van der Waals surface area contributed by atoms with Crippen LogP contribution in [0, 0.1) is 0 Å². The molecule has 0 spiro atoms. The minimum absolute atomic E-state index is 0.00246. The van der Waals surface area contributed by atoms with Crippen molar-refractivity contribution in [1.29, 1.82) is 0 Å². The van der Waals surface area contributed by atoms with Crippen LogP contribution in [-0.2, 0) is 22.7 Å². The summed E-state index contributed by atoms with van der Waals surface area (Å²) in [6.45, 7) is 1.01. The van der Waals surface area contributed by atoms with Crippen molar-refractivity contribution in [1.82, 2.24) is 9.97 Å². The van der Waals surface area contributed by atoms with Gasteiger partial charge in [-0.1, -0.05) is 60.7 Å². The SMILES string of the molecule is c1ccc(CO[C@@H]2c3ccccc3[C@H]3C[C@@H]2c2ccccc2[C@H]3OCc2ccccn2)nc1. The van der Waals surface area contributed by atoms with E-state index in [0.717, 1.165) is 17.8 Å². The first-order chi connectivity index (χ1) is 16.4. The third kappa shape index (κ3) is 3.86. The second-order valence-electron chi connectivity index (χ2n) is 8.81. The highest BCUT2D eigenvalue weighted by Crippen LogP contribution is 2.58. The summed E-state index contributed by atoms with van der Waals surface area (Å²) in [5, 5.41) is 0. The number of ether oxygens (including phenoxy) is 2. The van der Waals surface area contributed by atoms with Crippen molar-refractivity contribution in [2.24, 2.45) is 0 Å². The van der Waals surface area contributed by atoms with Gasteiger partial charge >= 0.3 is 0 Å². The van der Waals surface area contributed by atoms with Gasteiger partial charge in [-0.25, -0.2) is 0 Å². The van der Waals surface area contributed by atoms with Crippen LogP contribution in [0.3, 0.4) is 0 Å². The maximum Gasteiger partial charge on any atom is 0.0901 e. The van der Waals surface area contributed by atoms with Gasteiger partial charge in [-0.2, -0.15) is 0 Å². The van der Waals surface area contributed by atoms with Crippen LogP contribution in [0.1, 0.15) is 64.1 Å². The molecule has 0 radical (unpaired) electrons. The van der Waals surface area contributed by atoms with Crippen LogP contribution in [0.15, 0.2) is 97.3 Å². The average Bonchev–Trinajstić information content (AvgIpc) is 2.89. The molecule has 0 fully saturated rings. The second kappa shape index (κ2) is 8.89. The molecule has 0 saturated heterocycles.